The summed E-state index contributed by atoms with van der Waals surface area (Å²) in [4.78, 5) is 13.4. The molecule has 0 atom stereocenters. The average Bonchev–Trinajstić information content (AvgIpc) is 3.44. The predicted octanol–water partition coefficient (Wildman–Crippen LogP) is 5.08. The number of hydrogen-bond donors (Lipinski definition) is 1. The Morgan fingerprint density at radius 3 is 2.91 bits per heavy atom. The van der Waals surface area contributed by atoms with Crippen LogP contribution in [0.3, 0.4) is 0 Å². The van der Waals surface area contributed by atoms with E-state index in [1.165, 1.54) is 11.3 Å². The first-order chi connectivity index (χ1) is 16.9. The van der Waals surface area contributed by atoms with Crippen LogP contribution in [-0.2, 0) is 11.3 Å². The van der Waals surface area contributed by atoms with Crippen molar-refractivity contribution in [2.24, 2.45) is 0 Å². The first kappa shape index (κ1) is 19.4. The van der Waals surface area contributed by atoms with Crippen molar-refractivity contribution in [3.8, 4) is 28.4 Å². The molecule has 1 amide bonds. The maximum absolute atomic E-state index is 13.4. The third kappa shape index (κ3) is 4.54. The molecule has 0 saturated heterocycles. The number of carbonyl (C=O) groups is 1. The number of methoxy groups -OCH3 is 2. The lowest BCUT2D eigenvalue weighted by Gasteiger charge is -2.25. The van der Waals surface area contributed by atoms with Gasteiger partial charge in [-0.1, -0.05) is 11.6 Å². The van der Waals surface area contributed by atoms with E-state index in [1.807, 2.05) is 48.9 Å². The minimum Gasteiger partial charge on any atom is -0.496 e. The number of aromatic nitrogens is 2. The van der Waals surface area contributed by atoms with Gasteiger partial charge in [0.25, 0.3) is 5.91 Å². The zero-order valence-electron chi connectivity index (χ0n) is 22.3. The summed E-state index contributed by atoms with van der Waals surface area (Å²) in [6, 6.07) is 5.77. The van der Waals surface area contributed by atoms with E-state index >= 15 is 0 Å². The van der Waals surface area contributed by atoms with Crippen molar-refractivity contribution in [1.82, 2.24) is 15.1 Å². The summed E-state index contributed by atoms with van der Waals surface area (Å²) in [6.45, 7) is 7.37. The predicted molar refractivity (Wildman–Crippen MR) is 131 cm³/mol. The smallest absolute Gasteiger partial charge is 0.272 e. The van der Waals surface area contributed by atoms with Gasteiger partial charge in [-0.15, -0.1) is 0 Å². The number of nitrogens with zero attached hydrogens (tertiary/aromatic N) is 2. The van der Waals surface area contributed by atoms with Gasteiger partial charge in [0.1, 0.15) is 18.1 Å². The minimum absolute atomic E-state index is 0.145. The van der Waals surface area contributed by atoms with E-state index < -0.39 is 18.5 Å². The van der Waals surface area contributed by atoms with Gasteiger partial charge < -0.3 is 19.5 Å². The number of ether oxygens (including phenoxy) is 3. The molecule has 3 aromatic rings. The molecule has 7 nitrogen and oxygen atoms in total. The Bertz CT molecular complexity index is 1310. The van der Waals surface area contributed by atoms with Crippen molar-refractivity contribution in [3.05, 3.63) is 51.4 Å². The molecule has 174 valence electrons. The molecule has 0 bridgehead atoms. The van der Waals surface area contributed by atoms with E-state index in [9.17, 15) is 4.79 Å². The fourth-order valence-electron chi connectivity index (χ4n) is 3.83. The van der Waals surface area contributed by atoms with Gasteiger partial charge >= 0.3 is 0 Å². The number of fused-ring (bicyclic) bond motifs is 3. The van der Waals surface area contributed by atoms with Crippen LogP contribution in [0, 0.1) is 0 Å². The normalized spacial score (nSPS) is 14.2. The molecule has 8 heteroatoms. The van der Waals surface area contributed by atoms with Crippen molar-refractivity contribution < 1.29 is 23.1 Å². The van der Waals surface area contributed by atoms with Crippen molar-refractivity contribution in [3.63, 3.8) is 0 Å². The van der Waals surface area contributed by atoms with Crippen LogP contribution >= 0.6 is 11.3 Å². The zero-order chi connectivity index (χ0) is 26.3. The average molecular weight is 471 g/mol. The lowest BCUT2D eigenvalue weighted by Crippen LogP contribution is -2.47. The summed E-state index contributed by atoms with van der Waals surface area (Å²) in [7, 11) is -0.933. The molecule has 0 fully saturated rings. The maximum atomic E-state index is 13.4. The van der Waals surface area contributed by atoms with Gasteiger partial charge in [-0.05, 0) is 45.2 Å². The minimum atomic E-state index is -2.55. The molecule has 1 aliphatic heterocycles. The van der Waals surface area contributed by atoms with Crippen molar-refractivity contribution in [1.29, 1.82) is 0 Å². The molecule has 0 aliphatic carbocycles. The first-order valence-electron chi connectivity index (χ1n) is 12.0. The van der Waals surface area contributed by atoms with Crippen molar-refractivity contribution in [2.45, 2.75) is 39.8 Å². The van der Waals surface area contributed by atoms with E-state index in [1.54, 1.807) is 25.6 Å². The second kappa shape index (κ2) is 9.03. The lowest BCUT2D eigenvalue weighted by atomic mass is 9.98. The molecule has 0 spiro atoms. The third-order valence-electron chi connectivity index (χ3n) is 5.24. The highest BCUT2D eigenvalue weighted by atomic mass is 32.1. The van der Waals surface area contributed by atoms with Crippen LogP contribution in [0.5, 0.6) is 11.5 Å². The molecule has 4 rings (SSSR count). The fraction of sp³-hybridized carbons (Fsp3) is 0.360. The van der Waals surface area contributed by atoms with Gasteiger partial charge in [0.15, 0.2) is 5.69 Å². The van der Waals surface area contributed by atoms with E-state index in [4.69, 9.17) is 23.4 Å². The van der Waals surface area contributed by atoms with E-state index in [-0.39, 0.29) is 18.9 Å². The number of nitrogens with one attached hydrogen (secondary N) is 1. The summed E-state index contributed by atoms with van der Waals surface area (Å²) in [5.41, 5.74) is 4.30. The van der Waals surface area contributed by atoms with Gasteiger partial charge in [-0.2, -0.15) is 16.4 Å². The van der Waals surface area contributed by atoms with E-state index in [2.05, 4.69) is 5.32 Å². The summed E-state index contributed by atoms with van der Waals surface area (Å²) < 4.78 is 40.2. The van der Waals surface area contributed by atoms with Crippen molar-refractivity contribution in [2.75, 3.05) is 20.8 Å². The number of amides is 1. The molecule has 1 aliphatic rings. The maximum Gasteiger partial charge on any atom is 0.272 e. The number of hydrogen-bond acceptors (Lipinski definition) is 6. The van der Waals surface area contributed by atoms with Gasteiger partial charge in [-0.25, -0.2) is 4.68 Å². The Kier molecular flexibility index (Phi) is 5.30. The Balaban J connectivity index is 1.81. The Morgan fingerprint density at radius 1 is 1.42 bits per heavy atom. The van der Waals surface area contributed by atoms with Crippen LogP contribution < -0.4 is 14.8 Å². The topological polar surface area (TPSA) is 74.6 Å². The third-order valence-corrected chi connectivity index (χ3v) is 5.91. The Labute approximate surface area is 202 Å². The molecular formula is C25H29N3O4S. The molecule has 33 heavy (non-hydrogen) atoms. The monoisotopic (exact) mass is 470 g/mol. The highest BCUT2D eigenvalue weighted by Crippen LogP contribution is 2.44. The number of carbonyl (C=O) groups excluding carboxylic acids is 1. The van der Waals surface area contributed by atoms with Crippen LogP contribution in [0.2, 0.25) is 0 Å². The van der Waals surface area contributed by atoms with E-state index in [0.717, 1.165) is 28.1 Å². The molecule has 0 saturated carbocycles. The summed E-state index contributed by atoms with van der Waals surface area (Å²) in [5.74, 6) is 0.887. The van der Waals surface area contributed by atoms with Crippen LogP contribution in [-0.4, -0.2) is 42.0 Å². The Morgan fingerprint density at radius 2 is 2.24 bits per heavy atom. The number of thiophene rings is 1. The SMILES string of the molecule is [2H]C([2H])([2H])OCC(C)(C)NC(=O)c1nn(-c2ccsc2)c2c1COc1cc(OC)c(C=C(C)C)cc1-2. The van der Waals surface area contributed by atoms with Gasteiger partial charge in [0.2, 0.25) is 0 Å². The summed E-state index contributed by atoms with van der Waals surface area (Å²) in [5, 5.41) is 11.5. The molecule has 3 heterocycles. The summed E-state index contributed by atoms with van der Waals surface area (Å²) in [6.07, 6.45) is 2.03. The zero-order valence-corrected chi connectivity index (χ0v) is 20.1. The largest absolute Gasteiger partial charge is 0.496 e. The van der Waals surface area contributed by atoms with Gasteiger partial charge in [-0.3, -0.25) is 4.79 Å². The number of allylic oxidation sites excluding steroid dienone is 1. The highest BCUT2D eigenvalue weighted by Gasteiger charge is 2.33. The number of benzene rings is 1. The van der Waals surface area contributed by atoms with Crippen molar-refractivity contribution >= 4 is 23.3 Å². The van der Waals surface area contributed by atoms with Crippen LogP contribution in [0.1, 0.15) is 53.4 Å². The molecule has 0 radical (unpaired) electrons. The molecule has 1 N–H and O–H groups in total. The number of rotatable bonds is 7. The molecule has 0 unspecified atom stereocenters. The molecule has 1 aromatic carbocycles. The second-order valence-corrected chi connectivity index (χ2v) is 9.58. The Hall–Kier alpha value is -3.10. The molecular weight excluding hydrogens is 438 g/mol. The van der Waals surface area contributed by atoms with E-state index in [0.29, 0.717) is 17.1 Å². The molecule has 2 aromatic heterocycles. The van der Waals surface area contributed by atoms with Gasteiger partial charge in [0, 0.05) is 35.2 Å². The summed E-state index contributed by atoms with van der Waals surface area (Å²) >= 11 is 1.53. The van der Waals surface area contributed by atoms with Gasteiger partial charge in [0.05, 0.1) is 34.7 Å². The standard InChI is InChI=1S/C25H29N3O4S/c1-15(2)9-16-10-18-21(11-20(16)31-6)32-12-19-22(24(29)26-25(3,4)14-30-5)27-28(23(18)19)17-7-8-33-13-17/h7-11,13H,12,14H2,1-6H3,(H,26,29)/i5D3. The first-order valence-corrected chi connectivity index (χ1v) is 11.4. The second-order valence-electron chi connectivity index (χ2n) is 8.80. The quantitative estimate of drug-likeness (QED) is 0.521. The van der Waals surface area contributed by atoms with Crippen LogP contribution in [0.4, 0.5) is 0 Å². The lowest BCUT2D eigenvalue weighted by molar-refractivity contribution is 0.0812. The van der Waals surface area contributed by atoms with Crippen LogP contribution in [0.15, 0.2) is 34.5 Å². The fourth-order valence-corrected chi connectivity index (χ4v) is 4.44. The highest BCUT2D eigenvalue weighted by molar-refractivity contribution is 7.08. The van der Waals surface area contributed by atoms with Crippen LogP contribution in [0.25, 0.3) is 23.0 Å².